The molecule has 27 heavy (non-hydrogen) atoms. The number of sulfonamides is 1. The number of nitrogens with zero attached hydrogens (tertiary/aromatic N) is 1. The summed E-state index contributed by atoms with van der Waals surface area (Å²) in [5.74, 6) is 0. The van der Waals surface area contributed by atoms with Crippen LogP contribution < -0.4 is 4.72 Å². The molecule has 4 rings (SSSR count). The molecule has 0 amide bonds. The van der Waals surface area contributed by atoms with Gasteiger partial charge in [0.25, 0.3) is 0 Å². The minimum absolute atomic E-state index is 0.0103. The van der Waals surface area contributed by atoms with Gasteiger partial charge in [-0.15, -0.1) is 0 Å². The van der Waals surface area contributed by atoms with Crippen molar-refractivity contribution in [2.75, 3.05) is 6.54 Å². The van der Waals surface area contributed by atoms with Crippen LogP contribution >= 0.6 is 11.6 Å². The topological polar surface area (TPSA) is 49.4 Å². The Hall–Kier alpha value is -1.40. The maximum Gasteiger partial charge on any atom is 0.240 e. The van der Waals surface area contributed by atoms with Crippen LogP contribution in [0.2, 0.25) is 5.02 Å². The first-order chi connectivity index (χ1) is 13.0. The Kier molecular flexibility index (Phi) is 5.55. The fourth-order valence-electron chi connectivity index (χ4n) is 4.54. The molecule has 2 aromatic rings. The smallest absolute Gasteiger partial charge is 0.240 e. The first kappa shape index (κ1) is 18.9. The normalized spacial score (nSPS) is 25.6. The molecule has 0 saturated carbocycles. The minimum atomic E-state index is -3.50. The van der Waals surface area contributed by atoms with Crippen LogP contribution in [0, 0.1) is 0 Å². The van der Waals surface area contributed by atoms with E-state index in [4.69, 9.17) is 11.6 Å². The highest BCUT2D eigenvalue weighted by atomic mass is 35.5. The molecule has 2 aromatic carbocycles. The molecular formula is C21H25ClN2O2S. The van der Waals surface area contributed by atoms with Gasteiger partial charge in [-0.05, 0) is 61.9 Å². The molecule has 2 aliphatic rings. The maximum absolute atomic E-state index is 12.7. The van der Waals surface area contributed by atoms with Crippen LogP contribution in [0.25, 0.3) is 0 Å². The zero-order valence-corrected chi connectivity index (χ0v) is 16.8. The van der Waals surface area contributed by atoms with Crippen molar-refractivity contribution in [1.29, 1.82) is 0 Å². The van der Waals surface area contributed by atoms with Gasteiger partial charge in [0.1, 0.15) is 0 Å². The number of rotatable bonds is 6. The van der Waals surface area contributed by atoms with Crippen LogP contribution in [0.15, 0.2) is 59.5 Å². The highest BCUT2D eigenvalue weighted by Crippen LogP contribution is 2.36. The summed E-state index contributed by atoms with van der Waals surface area (Å²) in [5.41, 5.74) is 1.36. The molecule has 2 unspecified atom stereocenters. The van der Waals surface area contributed by atoms with E-state index in [1.807, 2.05) is 6.07 Å². The average molecular weight is 405 g/mol. The van der Waals surface area contributed by atoms with Crippen molar-refractivity contribution in [3.05, 3.63) is 65.2 Å². The highest BCUT2D eigenvalue weighted by Gasteiger charge is 2.41. The average Bonchev–Trinajstić information content (AvgIpc) is 2.89. The molecule has 2 aliphatic heterocycles. The summed E-state index contributed by atoms with van der Waals surface area (Å²) >= 11 is 5.87. The molecule has 4 nitrogen and oxygen atoms in total. The lowest BCUT2D eigenvalue weighted by Crippen LogP contribution is -2.50. The van der Waals surface area contributed by atoms with Gasteiger partial charge in [-0.1, -0.05) is 41.9 Å². The summed E-state index contributed by atoms with van der Waals surface area (Å²) in [6, 6.07) is 17.9. The van der Waals surface area contributed by atoms with Crippen molar-refractivity contribution in [2.24, 2.45) is 0 Å². The van der Waals surface area contributed by atoms with E-state index < -0.39 is 10.0 Å². The van der Waals surface area contributed by atoms with Crippen LogP contribution in [0.3, 0.4) is 0 Å². The van der Waals surface area contributed by atoms with E-state index in [9.17, 15) is 8.42 Å². The van der Waals surface area contributed by atoms with E-state index in [1.54, 1.807) is 24.3 Å². The standard InChI is InChI=1S/C21H25ClN2O2S/c22-17-6-10-21(11-7-17)27(25,26)23-18-14-19-8-9-20(15-18)24(19)13-12-16-4-2-1-3-5-16/h1-7,10-11,18-20,23H,8-9,12-15H2. The van der Waals surface area contributed by atoms with Gasteiger partial charge in [0.05, 0.1) is 4.90 Å². The second kappa shape index (κ2) is 7.92. The molecule has 144 valence electrons. The Morgan fingerprint density at radius 2 is 1.59 bits per heavy atom. The van der Waals surface area contributed by atoms with Crippen LogP contribution in [0.1, 0.15) is 31.2 Å². The largest absolute Gasteiger partial charge is 0.297 e. The molecule has 6 heteroatoms. The summed E-state index contributed by atoms with van der Waals surface area (Å²) in [6.45, 7) is 1.05. The van der Waals surface area contributed by atoms with Crippen molar-refractivity contribution in [1.82, 2.24) is 9.62 Å². The molecule has 2 saturated heterocycles. The third-order valence-corrected chi connectivity index (χ3v) is 7.62. The van der Waals surface area contributed by atoms with E-state index in [2.05, 4.69) is 33.9 Å². The van der Waals surface area contributed by atoms with Crippen LogP contribution in [-0.4, -0.2) is 38.0 Å². The number of fused-ring (bicyclic) bond motifs is 2. The number of hydrogen-bond acceptors (Lipinski definition) is 3. The predicted molar refractivity (Wildman–Crippen MR) is 108 cm³/mol. The Morgan fingerprint density at radius 1 is 0.963 bits per heavy atom. The number of benzene rings is 2. The summed E-state index contributed by atoms with van der Waals surface area (Å²) in [4.78, 5) is 2.88. The van der Waals surface area contributed by atoms with Crippen molar-refractivity contribution in [3.63, 3.8) is 0 Å². The molecule has 0 radical (unpaired) electrons. The van der Waals surface area contributed by atoms with E-state index in [1.165, 1.54) is 18.4 Å². The second-order valence-corrected chi connectivity index (χ2v) is 9.75. The van der Waals surface area contributed by atoms with Crippen molar-refractivity contribution >= 4 is 21.6 Å². The highest BCUT2D eigenvalue weighted by molar-refractivity contribution is 7.89. The van der Waals surface area contributed by atoms with Crippen molar-refractivity contribution in [2.45, 2.75) is 55.1 Å². The van der Waals surface area contributed by atoms with Gasteiger partial charge < -0.3 is 0 Å². The Bertz CT molecular complexity index is 857. The second-order valence-electron chi connectivity index (χ2n) is 7.60. The van der Waals surface area contributed by atoms with Crippen LogP contribution in [0.5, 0.6) is 0 Å². The van der Waals surface area contributed by atoms with Gasteiger partial charge in [-0.2, -0.15) is 0 Å². The molecule has 0 spiro atoms. The van der Waals surface area contributed by atoms with Gasteiger partial charge >= 0.3 is 0 Å². The summed E-state index contributed by atoms with van der Waals surface area (Å²) in [5, 5.41) is 0.540. The third kappa shape index (κ3) is 4.37. The number of hydrogen-bond donors (Lipinski definition) is 1. The Balaban J connectivity index is 1.37. The van der Waals surface area contributed by atoms with Crippen molar-refractivity contribution < 1.29 is 8.42 Å². The fourth-order valence-corrected chi connectivity index (χ4v) is 5.93. The van der Waals surface area contributed by atoms with Gasteiger partial charge in [0, 0.05) is 29.7 Å². The Morgan fingerprint density at radius 3 is 2.22 bits per heavy atom. The molecule has 2 heterocycles. The summed E-state index contributed by atoms with van der Waals surface area (Å²) < 4.78 is 28.3. The summed E-state index contributed by atoms with van der Waals surface area (Å²) in [7, 11) is -3.50. The molecule has 2 bridgehead atoms. The lowest BCUT2D eigenvalue weighted by molar-refractivity contribution is 0.125. The van der Waals surface area contributed by atoms with E-state index >= 15 is 0 Å². The number of halogens is 1. The molecule has 2 atom stereocenters. The molecule has 0 aliphatic carbocycles. The van der Waals surface area contributed by atoms with E-state index in [0.29, 0.717) is 17.1 Å². The van der Waals surface area contributed by atoms with Crippen LogP contribution in [0.4, 0.5) is 0 Å². The van der Waals surface area contributed by atoms with Gasteiger partial charge in [0.2, 0.25) is 10.0 Å². The Labute approximate surface area is 166 Å². The van der Waals surface area contributed by atoms with E-state index in [0.717, 1.165) is 25.8 Å². The molecular weight excluding hydrogens is 380 g/mol. The third-order valence-electron chi connectivity index (χ3n) is 5.83. The molecule has 0 aromatic heterocycles. The van der Waals surface area contributed by atoms with Gasteiger partial charge in [-0.3, -0.25) is 4.90 Å². The molecule has 1 N–H and O–H groups in total. The zero-order chi connectivity index (χ0) is 18.9. The first-order valence-corrected chi connectivity index (χ1v) is 11.4. The van der Waals surface area contributed by atoms with Gasteiger partial charge in [0.15, 0.2) is 0 Å². The molecule has 2 fully saturated rings. The summed E-state index contributed by atoms with van der Waals surface area (Å²) in [6.07, 6.45) is 5.16. The monoisotopic (exact) mass is 404 g/mol. The lowest BCUT2D eigenvalue weighted by Gasteiger charge is -2.39. The van der Waals surface area contributed by atoms with Crippen LogP contribution in [-0.2, 0) is 16.4 Å². The SMILES string of the molecule is O=S(=O)(NC1CC2CCC(C1)N2CCc1ccccc1)c1ccc(Cl)cc1. The minimum Gasteiger partial charge on any atom is -0.297 e. The maximum atomic E-state index is 12.7. The first-order valence-electron chi connectivity index (χ1n) is 9.59. The van der Waals surface area contributed by atoms with Crippen molar-refractivity contribution in [3.8, 4) is 0 Å². The number of piperidine rings is 1. The van der Waals surface area contributed by atoms with E-state index in [-0.39, 0.29) is 10.9 Å². The number of nitrogens with one attached hydrogen (secondary N) is 1. The fraction of sp³-hybridized carbons (Fsp3) is 0.429. The zero-order valence-electron chi connectivity index (χ0n) is 15.2. The van der Waals surface area contributed by atoms with Gasteiger partial charge in [-0.25, -0.2) is 13.1 Å². The predicted octanol–water partition coefficient (Wildman–Crippen LogP) is 3.86. The lowest BCUT2D eigenvalue weighted by atomic mass is 9.97. The quantitative estimate of drug-likeness (QED) is 0.795.